The maximum Gasteiger partial charge on any atom is 0.320 e. The second-order valence-electron chi connectivity index (χ2n) is 6.92. The molecule has 7 heteroatoms. The van der Waals surface area contributed by atoms with Crippen LogP contribution in [-0.4, -0.2) is 50.5 Å². The van der Waals surface area contributed by atoms with E-state index in [0.29, 0.717) is 16.9 Å². The Morgan fingerprint density at radius 2 is 1.74 bits per heavy atom. The number of aromatic nitrogens is 3. The number of pyridine rings is 1. The van der Waals surface area contributed by atoms with Gasteiger partial charge in [-0.05, 0) is 31.2 Å². The fourth-order valence-electron chi connectivity index (χ4n) is 3.76. The Hall–Kier alpha value is -2.38. The number of hydrogen-bond acceptors (Lipinski definition) is 4. The zero-order chi connectivity index (χ0) is 18.8. The highest BCUT2D eigenvalue weighted by atomic mass is 19.3. The van der Waals surface area contributed by atoms with Crippen LogP contribution in [0.25, 0.3) is 11.0 Å². The summed E-state index contributed by atoms with van der Waals surface area (Å²) in [4.78, 5) is 13.5. The van der Waals surface area contributed by atoms with Gasteiger partial charge in [-0.25, -0.2) is 4.98 Å². The van der Waals surface area contributed by atoms with Crippen LogP contribution in [0.5, 0.6) is 0 Å². The van der Waals surface area contributed by atoms with E-state index in [9.17, 15) is 8.78 Å². The van der Waals surface area contributed by atoms with E-state index in [0.717, 1.165) is 43.0 Å². The number of piperazine rings is 1. The fraction of sp³-hybridized carbons (Fsp3) is 0.400. The fourth-order valence-corrected chi connectivity index (χ4v) is 3.76. The lowest BCUT2D eigenvalue weighted by Gasteiger charge is -2.37. The van der Waals surface area contributed by atoms with Crippen molar-refractivity contribution in [1.82, 2.24) is 24.3 Å². The van der Waals surface area contributed by atoms with Crippen molar-refractivity contribution in [2.75, 3.05) is 26.2 Å². The van der Waals surface area contributed by atoms with E-state index in [1.54, 1.807) is 18.2 Å². The standard InChI is InChI=1S/C20H23F2N5/c1-15(19-24-17-7-2-3-8-18(17)27(19)20(21)22)26-12-10-25(11-13-26)14-16-6-4-5-9-23-16/h2-9,15,20H,10-14H2,1H3/t15-/m1/s1. The van der Waals surface area contributed by atoms with E-state index in [1.165, 1.54) is 0 Å². The summed E-state index contributed by atoms with van der Waals surface area (Å²) in [5.74, 6) is 0.435. The first kappa shape index (κ1) is 18.0. The highest BCUT2D eigenvalue weighted by molar-refractivity contribution is 5.76. The molecule has 0 saturated carbocycles. The minimum absolute atomic E-state index is 0.164. The Morgan fingerprint density at radius 1 is 1.00 bits per heavy atom. The lowest BCUT2D eigenvalue weighted by Crippen LogP contribution is -2.47. The van der Waals surface area contributed by atoms with Crippen LogP contribution in [-0.2, 0) is 6.54 Å². The molecular formula is C20H23F2N5. The molecule has 0 unspecified atom stereocenters. The van der Waals surface area contributed by atoms with E-state index in [-0.39, 0.29) is 6.04 Å². The maximum absolute atomic E-state index is 13.7. The molecule has 0 radical (unpaired) electrons. The smallest absolute Gasteiger partial charge is 0.295 e. The van der Waals surface area contributed by atoms with Crippen molar-refractivity contribution in [1.29, 1.82) is 0 Å². The van der Waals surface area contributed by atoms with Crippen molar-refractivity contribution >= 4 is 11.0 Å². The van der Waals surface area contributed by atoms with Gasteiger partial charge in [-0.15, -0.1) is 0 Å². The molecule has 1 aliphatic rings. The Kier molecular flexibility index (Phi) is 5.13. The molecule has 27 heavy (non-hydrogen) atoms. The predicted octanol–water partition coefficient (Wildman–Crippen LogP) is 3.71. The van der Waals surface area contributed by atoms with Crippen LogP contribution in [0.4, 0.5) is 8.78 Å². The van der Waals surface area contributed by atoms with Crippen LogP contribution in [0.2, 0.25) is 0 Å². The third-order valence-corrected chi connectivity index (χ3v) is 5.26. The number of imidazole rings is 1. The van der Waals surface area contributed by atoms with Gasteiger partial charge in [-0.2, -0.15) is 8.78 Å². The maximum atomic E-state index is 13.7. The highest BCUT2D eigenvalue weighted by Crippen LogP contribution is 2.29. The third-order valence-electron chi connectivity index (χ3n) is 5.26. The number of para-hydroxylation sites is 2. The molecule has 3 aromatic rings. The lowest BCUT2D eigenvalue weighted by molar-refractivity contribution is 0.0557. The molecule has 1 saturated heterocycles. The molecule has 0 bridgehead atoms. The summed E-state index contributed by atoms with van der Waals surface area (Å²) in [5, 5.41) is 0. The van der Waals surface area contributed by atoms with Gasteiger partial charge in [-0.1, -0.05) is 18.2 Å². The first-order valence-electron chi connectivity index (χ1n) is 9.25. The van der Waals surface area contributed by atoms with Crippen molar-refractivity contribution < 1.29 is 8.78 Å². The lowest BCUT2D eigenvalue weighted by atomic mass is 10.2. The minimum atomic E-state index is -2.60. The van der Waals surface area contributed by atoms with Crippen molar-refractivity contribution in [2.45, 2.75) is 26.1 Å². The van der Waals surface area contributed by atoms with E-state index in [1.807, 2.05) is 37.4 Å². The third kappa shape index (κ3) is 3.70. The van der Waals surface area contributed by atoms with Gasteiger partial charge in [0.1, 0.15) is 5.82 Å². The molecule has 1 fully saturated rings. The van der Waals surface area contributed by atoms with E-state index < -0.39 is 6.55 Å². The van der Waals surface area contributed by atoms with Crippen LogP contribution in [0.1, 0.15) is 31.0 Å². The van der Waals surface area contributed by atoms with Gasteiger partial charge in [0.25, 0.3) is 0 Å². The van der Waals surface area contributed by atoms with Gasteiger partial charge >= 0.3 is 6.55 Å². The molecule has 2 aromatic heterocycles. The van der Waals surface area contributed by atoms with E-state index in [4.69, 9.17) is 0 Å². The average Bonchev–Trinajstić information content (AvgIpc) is 3.09. The molecule has 4 rings (SSSR count). The number of fused-ring (bicyclic) bond motifs is 1. The number of halogens is 2. The van der Waals surface area contributed by atoms with Crippen LogP contribution in [0.3, 0.4) is 0 Å². The van der Waals surface area contributed by atoms with Crippen molar-refractivity contribution in [3.8, 4) is 0 Å². The number of alkyl halides is 2. The van der Waals surface area contributed by atoms with Gasteiger partial charge in [0.15, 0.2) is 0 Å². The van der Waals surface area contributed by atoms with Crippen molar-refractivity contribution in [3.05, 3.63) is 60.2 Å². The molecule has 5 nitrogen and oxygen atoms in total. The average molecular weight is 371 g/mol. The molecule has 0 N–H and O–H groups in total. The summed E-state index contributed by atoms with van der Waals surface area (Å²) < 4.78 is 28.5. The summed E-state index contributed by atoms with van der Waals surface area (Å²) >= 11 is 0. The molecule has 0 aliphatic carbocycles. The summed E-state index contributed by atoms with van der Waals surface area (Å²) in [6, 6.07) is 12.9. The predicted molar refractivity (Wildman–Crippen MR) is 100 cm³/mol. The van der Waals surface area contributed by atoms with E-state index in [2.05, 4.69) is 19.8 Å². The largest absolute Gasteiger partial charge is 0.320 e. The number of nitrogens with zero attached hydrogens (tertiary/aromatic N) is 5. The van der Waals surface area contributed by atoms with Gasteiger partial charge < -0.3 is 0 Å². The summed E-state index contributed by atoms with van der Waals surface area (Å²) in [7, 11) is 0. The normalized spacial score (nSPS) is 17.6. The van der Waals surface area contributed by atoms with Crippen molar-refractivity contribution in [2.24, 2.45) is 0 Å². The minimum Gasteiger partial charge on any atom is -0.295 e. The van der Waals surface area contributed by atoms with E-state index >= 15 is 0 Å². The first-order chi connectivity index (χ1) is 13.1. The number of benzene rings is 1. The zero-order valence-corrected chi connectivity index (χ0v) is 15.3. The van der Waals surface area contributed by atoms with Gasteiger partial charge in [0, 0.05) is 38.9 Å². The van der Waals surface area contributed by atoms with Crippen LogP contribution in [0.15, 0.2) is 48.7 Å². The zero-order valence-electron chi connectivity index (χ0n) is 15.3. The molecule has 0 amide bonds. The Balaban J connectivity index is 1.47. The quantitative estimate of drug-likeness (QED) is 0.685. The Bertz CT molecular complexity index is 888. The molecule has 3 heterocycles. The van der Waals surface area contributed by atoms with Crippen LogP contribution in [0, 0.1) is 0 Å². The number of hydrogen-bond donors (Lipinski definition) is 0. The molecule has 1 atom stereocenters. The summed E-state index contributed by atoms with van der Waals surface area (Å²) in [5.41, 5.74) is 2.16. The van der Waals surface area contributed by atoms with Gasteiger partial charge in [-0.3, -0.25) is 19.4 Å². The van der Waals surface area contributed by atoms with Crippen molar-refractivity contribution in [3.63, 3.8) is 0 Å². The molecule has 0 spiro atoms. The summed E-state index contributed by atoms with van der Waals surface area (Å²) in [6.07, 6.45) is 1.81. The number of rotatable bonds is 5. The van der Waals surface area contributed by atoms with Gasteiger partial charge in [0.2, 0.25) is 0 Å². The SMILES string of the molecule is C[C@H](c1nc2ccccc2n1C(F)F)N1CCN(Cc2ccccn2)CC1. The van der Waals surface area contributed by atoms with Crippen LogP contribution >= 0.6 is 0 Å². The molecule has 142 valence electrons. The monoisotopic (exact) mass is 371 g/mol. The second kappa shape index (κ2) is 7.70. The molecular weight excluding hydrogens is 348 g/mol. The highest BCUT2D eigenvalue weighted by Gasteiger charge is 2.28. The molecule has 1 aromatic carbocycles. The second-order valence-corrected chi connectivity index (χ2v) is 6.92. The first-order valence-corrected chi connectivity index (χ1v) is 9.25. The summed E-state index contributed by atoms with van der Waals surface area (Å²) in [6.45, 7) is 3.60. The topological polar surface area (TPSA) is 37.2 Å². The Labute approximate surface area is 157 Å². The molecule has 1 aliphatic heterocycles. The van der Waals surface area contributed by atoms with Crippen LogP contribution < -0.4 is 0 Å². The Morgan fingerprint density at radius 3 is 2.44 bits per heavy atom. The van der Waals surface area contributed by atoms with Gasteiger partial charge in [0.05, 0.1) is 22.8 Å².